The molecule has 82 valence electrons. The van der Waals surface area contributed by atoms with Gasteiger partial charge in [0.25, 0.3) is 0 Å². The molecule has 0 unspecified atom stereocenters. The van der Waals surface area contributed by atoms with Crippen LogP contribution in [-0.2, 0) is 4.74 Å². The van der Waals surface area contributed by atoms with Gasteiger partial charge < -0.3 is 20.2 Å². The van der Waals surface area contributed by atoms with Gasteiger partial charge in [-0.15, -0.1) is 5.10 Å². The SMILES string of the molecule is O=[N+]([O-])c1[nH]ncc1NC1CCOCC1. The van der Waals surface area contributed by atoms with Crippen LogP contribution in [0, 0.1) is 10.1 Å². The molecule has 1 aliphatic heterocycles. The number of rotatable bonds is 3. The highest BCUT2D eigenvalue weighted by Crippen LogP contribution is 2.22. The quantitative estimate of drug-likeness (QED) is 0.573. The lowest BCUT2D eigenvalue weighted by Crippen LogP contribution is -2.27. The smallest absolute Gasteiger partial charge is 0.366 e. The summed E-state index contributed by atoms with van der Waals surface area (Å²) in [4.78, 5) is 10.1. The molecule has 7 nitrogen and oxygen atoms in total. The molecule has 0 aliphatic carbocycles. The van der Waals surface area contributed by atoms with Crippen LogP contribution in [0.2, 0.25) is 0 Å². The second-order valence-electron chi connectivity index (χ2n) is 3.42. The summed E-state index contributed by atoms with van der Waals surface area (Å²) in [5.74, 6) is -0.0820. The van der Waals surface area contributed by atoms with Gasteiger partial charge >= 0.3 is 5.82 Å². The first kappa shape index (κ1) is 9.91. The van der Waals surface area contributed by atoms with Gasteiger partial charge in [0.1, 0.15) is 6.20 Å². The molecule has 0 atom stereocenters. The molecule has 0 bridgehead atoms. The van der Waals surface area contributed by atoms with Gasteiger partial charge in [-0.2, -0.15) is 0 Å². The molecule has 0 saturated carbocycles. The fraction of sp³-hybridized carbons (Fsp3) is 0.625. The molecule has 0 radical (unpaired) electrons. The van der Waals surface area contributed by atoms with Gasteiger partial charge in [-0.3, -0.25) is 0 Å². The maximum atomic E-state index is 10.6. The molecule has 2 heterocycles. The van der Waals surface area contributed by atoms with Gasteiger partial charge in [-0.25, -0.2) is 0 Å². The van der Waals surface area contributed by atoms with Crippen LogP contribution in [0.3, 0.4) is 0 Å². The van der Waals surface area contributed by atoms with Crippen molar-refractivity contribution in [3.63, 3.8) is 0 Å². The molecule has 1 aromatic rings. The van der Waals surface area contributed by atoms with Crippen molar-refractivity contribution >= 4 is 11.5 Å². The van der Waals surface area contributed by atoms with Crippen molar-refractivity contribution in [2.75, 3.05) is 18.5 Å². The van der Waals surface area contributed by atoms with E-state index in [2.05, 4.69) is 15.5 Å². The number of aromatic amines is 1. The predicted molar refractivity (Wildman–Crippen MR) is 52.7 cm³/mol. The van der Waals surface area contributed by atoms with Crippen molar-refractivity contribution in [3.05, 3.63) is 16.3 Å². The lowest BCUT2D eigenvalue weighted by molar-refractivity contribution is -0.388. The Hall–Kier alpha value is -1.63. The highest BCUT2D eigenvalue weighted by atomic mass is 16.6. The number of nitrogens with zero attached hydrogens (tertiary/aromatic N) is 2. The molecular weight excluding hydrogens is 200 g/mol. The fourth-order valence-electron chi connectivity index (χ4n) is 1.59. The average Bonchev–Trinajstić information content (AvgIpc) is 2.67. The zero-order valence-corrected chi connectivity index (χ0v) is 8.10. The maximum Gasteiger partial charge on any atom is 0.366 e. The average molecular weight is 212 g/mol. The molecule has 2 N–H and O–H groups in total. The summed E-state index contributed by atoms with van der Waals surface area (Å²) in [5.41, 5.74) is 0.451. The van der Waals surface area contributed by atoms with Crippen molar-refractivity contribution in [3.8, 4) is 0 Å². The first-order valence-corrected chi connectivity index (χ1v) is 4.79. The first-order valence-electron chi connectivity index (χ1n) is 4.79. The van der Waals surface area contributed by atoms with E-state index in [4.69, 9.17) is 4.74 Å². The van der Waals surface area contributed by atoms with E-state index in [0.717, 1.165) is 12.8 Å². The number of H-pyrrole nitrogens is 1. The van der Waals surface area contributed by atoms with Crippen molar-refractivity contribution in [1.29, 1.82) is 0 Å². The van der Waals surface area contributed by atoms with E-state index in [1.807, 2.05) is 0 Å². The standard InChI is InChI=1S/C8H12N4O3/c13-12(14)8-7(5-9-11-8)10-6-1-3-15-4-2-6/h5-6,10H,1-4H2,(H,9,11). The van der Waals surface area contributed by atoms with Gasteiger partial charge in [0, 0.05) is 19.3 Å². The zero-order chi connectivity index (χ0) is 10.7. The summed E-state index contributed by atoms with van der Waals surface area (Å²) in [5, 5.41) is 19.7. The third kappa shape index (κ3) is 2.24. The number of nitrogens with one attached hydrogen (secondary N) is 2. The minimum absolute atomic E-state index is 0.0820. The Morgan fingerprint density at radius 1 is 1.60 bits per heavy atom. The molecular formula is C8H12N4O3. The van der Waals surface area contributed by atoms with E-state index in [1.54, 1.807) is 0 Å². The number of hydrogen-bond donors (Lipinski definition) is 2. The summed E-state index contributed by atoms with van der Waals surface area (Å²) < 4.78 is 5.20. The van der Waals surface area contributed by atoms with Gasteiger partial charge in [0.05, 0.1) is 0 Å². The van der Waals surface area contributed by atoms with Crippen LogP contribution < -0.4 is 5.32 Å². The molecule has 0 amide bonds. The highest BCUT2D eigenvalue weighted by Gasteiger charge is 2.20. The van der Waals surface area contributed by atoms with Crippen LogP contribution >= 0.6 is 0 Å². The molecule has 1 saturated heterocycles. The zero-order valence-electron chi connectivity index (χ0n) is 8.10. The van der Waals surface area contributed by atoms with Crippen LogP contribution in [0.25, 0.3) is 0 Å². The van der Waals surface area contributed by atoms with Gasteiger partial charge in [0.2, 0.25) is 0 Å². The second kappa shape index (κ2) is 4.26. The summed E-state index contributed by atoms with van der Waals surface area (Å²) in [6.07, 6.45) is 3.16. The largest absolute Gasteiger partial charge is 0.381 e. The summed E-state index contributed by atoms with van der Waals surface area (Å²) in [7, 11) is 0. The van der Waals surface area contributed by atoms with Gasteiger partial charge in [-0.1, -0.05) is 5.10 Å². The Kier molecular flexibility index (Phi) is 2.82. The molecule has 0 spiro atoms. The Labute approximate surface area is 86.0 Å². The summed E-state index contributed by atoms with van der Waals surface area (Å²) in [6.45, 7) is 1.40. The van der Waals surface area contributed by atoms with E-state index in [0.29, 0.717) is 18.9 Å². The van der Waals surface area contributed by atoms with Crippen molar-refractivity contribution < 1.29 is 9.66 Å². The number of hydrogen-bond acceptors (Lipinski definition) is 5. The maximum absolute atomic E-state index is 10.6. The molecule has 1 aliphatic rings. The van der Waals surface area contributed by atoms with E-state index >= 15 is 0 Å². The van der Waals surface area contributed by atoms with Crippen molar-refractivity contribution in [2.45, 2.75) is 18.9 Å². The molecule has 15 heavy (non-hydrogen) atoms. The lowest BCUT2D eigenvalue weighted by Gasteiger charge is -2.22. The molecule has 7 heteroatoms. The number of nitro groups is 1. The lowest BCUT2D eigenvalue weighted by atomic mass is 10.1. The molecule has 0 aromatic carbocycles. The van der Waals surface area contributed by atoms with Crippen LogP contribution in [0.1, 0.15) is 12.8 Å². The minimum atomic E-state index is -0.478. The van der Waals surface area contributed by atoms with E-state index in [9.17, 15) is 10.1 Å². The summed E-state index contributed by atoms with van der Waals surface area (Å²) in [6, 6.07) is 0.232. The molecule has 1 aromatic heterocycles. The molecule has 2 rings (SSSR count). The second-order valence-corrected chi connectivity index (χ2v) is 3.42. The number of aromatic nitrogens is 2. The minimum Gasteiger partial charge on any atom is -0.381 e. The fourth-order valence-corrected chi connectivity index (χ4v) is 1.59. The monoisotopic (exact) mass is 212 g/mol. The van der Waals surface area contributed by atoms with E-state index < -0.39 is 4.92 Å². The van der Waals surface area contributed by atoms with Crippen molar-refractivity contribution in [2.24, 2.45) is 0 Å². The van der Waals surface area contributed by atoms with Crippen LogP contribution in [-0.4, -0.2) is 34.4 Å². The van der Waals surface area contributed by atoms with Crippen molar-refractivity contribution in [1.82, 2.24) is 10.2 Å². The van der Waals surface area contributed by atoms with Gasteiger partial charge in [-0.05, 0) is 17.8 Å². The van der Waals surface area contributed by atoms with E-state index in [1.165, 1.54) is 6.20 Å². The third-order valence-electron chi connectivity index (χ3n) is 2.38. The molecule has 1 fully saturated rings. The summed E-state index contributed by atoms with van der Waals surface area (Å²) >= 11 is 0. The third-order valence-corrected chi connectivity index (χ3v) is 2.38. The predicted octanol–water partition coefficient (Wildman–Crippen LogP) is 0.909. The number of anilines is 1. The number of ether oxygens (including phenoxy) is 1. The first-order chi connectivity index (χ1) is 7.27. The van der Waals surface area contributed by atoms with Crippen LogP contribution in [0.15, 0.2) is 6.20 Å². The van der Waals surface area contributed by atoms with E-state index in [-0.39, 0.29) is 11.9 Å². The van der Waals surface area contributed by atoms with Crippen LogP contribution in [0.4, 0.5) is 11.5 Å². The Balaban J connectivity index is 2.03. The topological polar surface area (TPSA) is 93.1 Å². The Bertz CT molecular complexity index is 345. The normalized spacial score (nSPS) is 17.6. The highest BCUT2D eigenvalue weighted by molar-refractivity contribution is 5.56. The Morgan fingerprint density at radius 2 is 2.33 bits per heavy atom. The van der Waals surface area contributed by atoms with Crippen LogP contribution in [0.5, 0.6) is 0 Å². The van der Waals surface area contributed by atoms with Gasteiger partial charge in [0.15, 0.2) is 5.69 Å². The Morgan fingerprint density at radius 3 is 3.00 bits per heavy atom.